The normalized spacial score (nSPS) is 19.2. The fourth-order valence-corrected chi connectivity index (χ4v) is 3.29. The number of carbonyl (C=O) groups excluding carboxylic acids is 1. The van der Waals surface area contributed by atoms with E-state index < -0.39 is 22.0 Å². The molecule has 0 aromatic heterocycles. The smallest absolute Gasteiger partial charge is 0.264 e. The van der Waals surface area contributed by atoms with Crippen molar-refractivity contribution in [1.82, 2.24) is 4.72 Å². The van der Waals surface area contributed by atoms with Crippen LogP contribution in [-0.2, 0) is 24.3 Å². The summed E-state index contributed by atoms with van der Waals surface area (Å²) in [4.78, 5) is 11.9. The van der Waals surface area contributed by atoms with Gasteiger partial charge in [-0.1, -0.05) is 0 Å². The largest absolute Gasteiger partial charge is 0.376 e. The molecule has 1 aromatic rings. The minimum absolute atomic E-state index is 0.0517. The second kappa shape index (κ2) is 8.24. The number of amides is 1. The molecule has 0 unspecified atom stereocenters. The lowest BCUT2D eigenvalue weighted by Crippen LogP contribution is -2.40. The quantitative estimate of drug-likeness (QED) is 0.828. The highest BCUT2D eigenvalue weighted by Crippen LogP contribution is 2.14. The van der Waals surface area contributed by atoms with Crippen molar-refractivity contribution in [2.45, 2.75) is 43.3 Å². The monoisotopic (exact) mass is 352 g/mol. The zero-order chi connectivity index (χ0) is 17.6. The molecule has 1 aliphatic heterocycles. The first kappa shape index (κ1) is 18.4. The molecule has 1 aliphatic rings. The van der Waals surface area contributed by atoms with Crippen LogP contribution in [0.25, 0.3) is 0 Å². The van der Waals surface area contributed by atoms with Gasteiger partial charge >= 0.3 is 0 Å². The second-order valence-electron chi connectivity index (χ2n) is 5.57. The average Bonchev–Trinajstić information content (AvgIpc) is 2.60. The van der Waals surface area contributed by atoms with Gasteiger partial charge in [-0.15, -0.1) is 0 Å². The summed E-state index contributed by atoms with van der Waals surface area (Å²) in [5.74, 6) is -0.741. The van der Waals surface area contributed by atoms with Crippen molar-refractivity contribution in [3.05, 3.63) is 29.8 Å². The molecule has 0 radical (unpaired) electrons. The number of nitrogens with one attached hydrogen (secondary N) is 1. The first-order chi connectivity index (χ1) is 11.4. The number of ether oxygens (including phenoxy) is 2. The van der Waals surface area contributed by atoms with E-state index in [-0.39, 0.29) is 17.6 Å². The second-order valence-corrected chi connectivity index (χ2v) is 7.25. The Morgan fingerprint density at radius 2 is 2.12 bits per heavy atom. The van der Waals surface area contributed by atoms with E-state index in [1.165, 1.54) is 31.2 Å². The Kier molecular flexibility index (Phi) is 6.31. The van der Waals surface area contributed by atoms with Crippen molar-refractivity contribution in [3.8, 4) is 6.07 Å². The van der Waals surface area contributed by atoms with Gasteiger partial charge in [-0.3, -0.25) is 4.79 Å². The van der Waals surface area contributed by atoms with Crippen molar-refractivity contribution in [2.24, 2.45) is 0 Å². The van der Waals surface area contributed by atoms with E-state index in [0.717, 1.165) is 19.3 Å². The Labute approximate surface area is 141 Å². The lowest BCUT2D eigenvalue weighted by Gasteiger charge is -2.23. The molecule has 24 heavy (non-hydrogen) atoms. The maximum atomic E-state index is 12.2. The maximum absolute atomic E-state index is 12.2. The number of carbonyl (C=O) groups is 1. The van der Waals surface area contributed by atoms with Gasteiger partial charge in [-0.2, -0.15) is 5.26 Å². The number of hydrogen-bond donors (Lipinski definition) is 1. The van der Waals surface area contributed by atoms with Gasteiger partial charge in [0.1, 0.15) is 6.10 Å². The van der Waals surface area contributed by atoms with E-state index in [9.17, 15) is 13.2 Å². The van der Waals surface area contributed by atoms with Gasteiger partial charge in [0.05, 0.1) is 29.2 Å². The Morgan fingerprint density at radius 3 is 2.71 bits per heavy atom. The van der Waals surface area contributed by atoms with Gasteiger partial charge in [0, 0.05) is 6.61 Å². The van der Waals surface area contributed by atoms with Gasteiger partial charge < -0.3 is 9.47 Å². The number of nitriles is 1. The summed E-state index contributed by atoms with van der Waals surface area (Å²) in [6, 6.07) is 7.19. The minimum Gasteiger partial charge on any atom is -0.376 e. The van der Waals surface area contributed by atoms with Crippen molar-refractivity contribution in [2.75, 3.05) is 13.2 Å². The summed E-state index contributed by atoms with van der Waals surface area (Å²) in [5.41, 5.74) is 0.337. The van der Waals surface area contributed by atoms with E-state index in [1.54, 1.807) is 0 Å². The third-order valence-corrected chi connectivity index (χ3v) is 5.07. The molecule has 0 bridgehead atoms. The van der Waals surface area contributed by atoms with Crippen LogP contribution >= 0.6 is 0 Å². The van der Waals surface area contributed by atoms with Gasteiger partial charge in [0.2, 0.25) is 0 Å². The molecule has 7 nitrogen and oxygen atoms in total. The van der Waals surface area contributed by atoms with Crippen molar-refractivity contribution >= 4 is 15.9 Å². The maximum Gasteiger partial charge on any atom is 0.264 e. The number of hydrogen-bond acceptors (Lipinski definition) is 6. The predicted octanol–water partition coefficient (Wildman–Crippen LogP) is 1.34. The van der Waals surface area contributed by atoms with Crippen LogP contribution in [0.2, 0.25) is 0 Å². The summed E-state index contributed by atoms with van der Waals surface area (Å²) in [6.07, 6.45) is 1.99. The standard InChI is InChI=1S/C16H20N2O5S/c1-12(23-11-14-4-2-3-9-22-14)16(19)18-24(20,21)15-7-5-13(10-17)6-8-15/h5-8,12,14H,2-4,9,11H2,1H3,(H,18,19)/t12-,14-/m0/s1. The Bertz CT molecular complexity index is 703. The molecule has 2 atom stereocenters. The van der Waals surface area contributed by atoms with Crippen LogP contribution in [-0.4, -0.2) is 39.7 Å². The molecular weight excluding hydrogens is 332 g/mol. The van der Waals surface area contributed by atoms with Crippen LogP contribution < -0.4 is 4.72 Å². The van der Waals surface area contributed by atoms with Crippen LogP contribution in [0, 0.1) is 11.3 Å². The first-order valence-electron chi connectivity index (χ1n) is 7.72. The van der Waals surface area contributed by atoms with Crippen molar-refractivity contribution < 1.29 is 22.7 Å². The zero-order valence-electron chi connectivity index (χ0n) is 13.4. The lowest BCUT2D eigenvalue weighted by atomic mass is 10.1. The highest BCUT2D eigenvalue weighted by atomic mass is 32.2. The third-order valence-electron chi connectivity index (χ3n) is 3.70. The van der Waals surface area contributed by atoms with Gasteiger partial charge in [-0.05, 0) is 50.5 Å². The van der Waals surface area contributed by atoms with Crippen LogP contribution in [0.5, 0.6) is 0 Å². The fraction of sp³-hybridized carbons (Fsp3) is 0.500. The molecule has 1 saturated heterocycles. The molecule has 1 fully saturated rings. The van der Waals surface area contributed by atoms with Crippen LogP contribution in [0.15, 0.2) is 29.2 Å². The van der Waals surface area contributed by atoms with E-state index >= 15 is 0 Å². The predicted molar refractivity (Wildman–Crippen MR) is 85.5 cm³/mol. The van der Waals surface area contributed by atoms with E-state index in [0.29, 0.717) is 12.2 Å². The molecule has 8 heteroatoms. The Balaban J connectivity index is 1.90. The average molecular weight is 352 g/mol. The molecule has 1 aromatic carbocycles. The fourth-order valence-electron chi connectivity index (χ4n) is 2.25. The lowest BCUT2D eigenvalue weighted by molar-refractivity contribution is -0.133. The van der Waals surface area contributed by atoms with Gasteiger partial charge in [-0.25, -0.2) is 13.1 Å². The highest BCUT2D eigenvalue weighted by Gasteiger charge is 2.23. The highest BCUT2D eigenvalue weighted by molar-refractivity contribution is 7.90. The van der Waals surface area contributed by atoms with Crippen molar-refractivity contribution in [1.29, 1.82) is 5.26 Å². The van der Waals surface area contributed by atoms with E-state index in [2.05, 4.69) is 0 Å². The van der Waals surface area contributed by atoms with Crippen molar-refractivity contribution in [3.63, 3.8) is 0 Å². The van der Waals surface area contributed by atoms with Crippen LogP contribution in [0.4, 0.5) is 0 Å². The van der Waals surface area contributed by atoms with Gasteiger partial charge in [0.15, 0.2) is 0 Å². The summed E-state index contributed by atoms with van der Waals surface area (Å²) < 4.78 is 37.2. The number of sulfonamides is 1. The zero-order valence-corrected chi connectivity index (χ0v) is 14.2. The van der Waals surface area contributed by atoms with E-state index in [1.807, 2.05) is 10.8 Å². The van der Waals surface area contributed by atoms with E-state index in [4.69, 9.17) is 14.7 Å². The molecular formula is C16H20N2O5S. The number of benzene rings is 1. The Morgan fingerprint density at radius 1 is 1.42 bits per heavy atom. The number of rotatable bonds is 6. The minimum atomic E-state index is -3.99. The molecule has 1 amide bonds. The van der Waals surface area contributed by atoms with Gasteiger partial charge in [0.25, 0.3) is 15.9 Å². The molecule has 1 heterocycles. The summed E-state index contributed by atoms with van der Waals surface area (Å²) in [7, 11) is -3.99. The summed E-state index contributed by atoms with van der Waals surface area (Å²) in [5, 5.41) is 8.72. The molecule has 2 rings (SSSR count). The number of nitrogens with zero attached hydrogens (tertiary/aromatic N) is 1. The van der Waals surface area contributed by atoms with Crippen LogP contribution in [0.3, 0.4) is 0 Å². The summed E-state index contributed by atoms with van der Waals surface area (Å²) >= 11 is 0. The summed E-state index contributed by atoms with van der Waals surface area (Å²) in [6.45, 7) is 2.43. The Hall–Kier alpha value is -1.95. The first-order valence-corrected chi connectivity index (χ1v) is 9.21. The van der Waals surface area contributed by atoms with Crippen LogP contribution in [0.1, 0.15) is 31.7 Å². The topological polar surface area (TPSA) is 105 Å². The molecule has 0 spiro atoms. The third kappa shape index (κ3) is 5.03. The molecule has 1 N–H and O–H groups in total. The molecule has 130 valence electrons. The molecule has 0 saturated carbocycles. The molecule has 0 aliphatic carbocycles. The SMILES string of the molecule is C[C@H](OC[C@@H]1CCCCO1)C(=O)NS(=O)(=O)c1ccc(C#N)cc1.